The Morgan fingerprint density at radius 2 is 1.83 bits per heavy atom. The first kappa shape index (κ1) is 18.7. The Morgan fingerprint density at radius 3 is 2.50 bits per heavy atom. The van der Waals surface area contributed by atoms with Gasteiger partial charge in [-0.2, -0.15) is 0 Å². The van der Waals surface area contributed by atoms with Crippen LogP contribution in [0.25, 0.3) is 0 Å². The zero-order valence-electron chi connectivity index (χ0n) is 14.3. The largest absolute Gasteiger partial charge is 0.355 e. The molecule has 0 aliphatic heterocycles. The summed E-state index contributed by atoms with van der Waals surface area (Å²) in [5.74, 6) is 0.0409. The number of aryl methyl sites for hydroxylation is 1. The Bertz CT molecular complexity index is 655. The van der Waals surface area contributed by atoms with Crippen molar-refractivity contribution in [3.05, 3.63) is 69.7 Å². The van der Waals surface area contributed by atoms with E-state index in [2.05, 4.69) is 64.7 Å². The molecule has 2 aromatic rings. The maximum atomic E-state index is 12.0. The summed E-state index contributed by atoms with van der Waals surface area (Å²) >= 11 is 3.45. The van der Waals surface area contributed by atoms with Crippen LogP contribution in [-0.2, 0) is 11.2 Å². The summed E-state index contributed by atoms with van der Waals surface area (Å²) in [6.07, 6.45) is 1.81. The Labute approximate surface area is 153 Å². The number of carbonyl (C=O) groups excluding carboxylic acids is 1. The normalized spacial score (nSPS) is 12.0. The van der Waals surface area contributed by atoms with Gasteiger partial charge in [-0.3, -0.25) is 4.79 Å². The molecule has 0 saturated carbocycles. The number of nitrogens with one attached hydrogen (secondary N) is 2. The van der Waals surface area contributed by atoms with Crippen molar-refractivity contribution < 1.29 is 4.79 Å². The van der Waals surface area contributed by atoms with Gasteiger partial charge in [0.25, 0.3) is 0 Å². The van der Waals surface area contributed by atoms with Crippen LogP contribution in [0.4, 0.5) is 0 Å². The van der Waals surface area contributed by atoms with Crippen molar-refractivity contribution in [3.63, 3.8) is 0 Å². The molecule has 2 N–H and O–H groups in total. The maximum Gasteiger partial charge on any atom is 0.233 e. The van der Waals surface area contributed by atoms with Gasteiger partial charge in [0.05, 0.1) is 6.54 Å². The van der Waals surface area contributed by atoms with Gasteiger partial charge in [0.1, 0.15) is 0 Å². The van der Waals surface area contributed by atoms with Crippen molar-refractivity contribution in [2.75, 3.05) is 13.1 Å². The number of hydrogen-bond acceptors (Lipinski definition) is 2. The molecule has 128 valence electrons. The highest BCUT2D eigenvalue weighted by Crippen LogP contribution is 2.19. The van der Waals surface area contributed by atoms with Crippen LogP contribution in [0.1, 0.15) is 36.1 Å². The van der Waals surface area contributed by atoms with Gasteiger partial charge in [-0.1, -0.05) is 59.3 Å². The van der Waals surface area contributed by atoms with E-state index in [9.17, 15) is 4.79 Å². The predicted octanol–water partition coefficient (Wildman–Crippen LogP) is 4.16. The van der Waals surface area contributed by atoms with Crippen LogP contribution in [-0.4, -0.2) is 19.0 Å². The Morgan fingerprint density at radius 1 is 1.12 bits per heavy atom. The lowest BCUT2D eigenvalue weighted by atomic mass is 10.0. The van der Waals surface area contributed by atoms with Gasteiger partial charge in [0, 0.05) is 17.1 Å². The van der Waals surface area contributed by atoms with Gasteiger partial charge in [-0.05, 0) is 48.6 Å². The highest BCUT2D eigenvalue weighted by Gasteiger charge is 2.10. The smallest absolute Gasteiger partial charge is 0.233 e. The zero-order valence-corrected chi connectivity index (χ0v) is 15.9. The first-order valence-electron chi connectivity index (χ1n) is 8.40. The van der Waals surface area contributed by atoms with Crippen LogP contribution in [0.3, 0.4) is 0 Å². The number of benzene rings is 2. The Hall–Kier alpha value is -1.65. The molecule has 0 bridgehead atoms. The summed E-state index contributed by atoms with van der Waals surface area (Å²) in [7, 11) is 0. The van der Waals surface area contributed by atoms with E-state index in [1.165, 1.54) is 16.7 Å². The van der Waals surface area contributed by atoms with E-state index in [1.54, 1.807) is 0 Å². The number of halogens is 1. The third kappa shape index (κ3) is 5.77. The van der Waals surface area contributed by atoms with Gasteiger partial charge >= 0.3 is 0 Å². The van der Waals surface area contributed by atoms with Crippen LogP contribution in [0, 0.1) is 6.92 Å². The molecule has 0 radical (unpaired) electrons. The molecule has 0 spiro atoms. The van der Waals surface area contributed by atoms with Crippen LogP contribution in [0.15, 0.2) is 53.0 Å². The highest BCUT2D eigenvalue weighted by molar-refractivity contribution is 9.10. The molecular formula is C20H25BrN2O. The van der Waals surface area contributed by atoms with E-state index in [0.29, 0.717) is 13.1 Å². The van der Waals surface area contributed by atoms with E-state index in [0.717, 1.165) is 17.3 Å². The maximum absolute atomic E-state index is 12.0. The molecule has 0 unspecified atom stereocenters. The van der Waals surface area contributed by atoms with Gasteiger partial charge in [0.2, 0.25) is 5.91 Å². The number of amides is 1. The molecule has 0 heterocycles. The van der Waals surface area contributed by atoms with Crippen molar-refractivity contribution in [2.45, 2.75) is 32.7 Å². The lowest BCUT2D eigenvalue weighted by Crippen LogP contribution is -2.36. The standard InChI is InChI=1S/C20H25BrN2O/c1-3-19(17-8-10-18(21)11-9-17)23-14-20(24)22-13-12-16-7-5-4-6-15(16)2/h4-11,19,23H,3,12-14H2,1-2H3,(H,22,24)/t19-/m0/s1. The second-order valence-corrected chi connectivity index (χ2v) is 6.84. The summed E-state index contributed by atoms with van der Waals surface area (Å²) < 4.78 is 1.06. The SMILES string of the molecule is CC[C@H](NCC(=O)NCCc1ccccc1C)c1ccc(Br)cc1. The van der Waals surface area contributed by atoms with Crippen molar-refractivity contribution in [1.82, 2.24) is 10.6 Å². The van der Waals surface area contributed by atoms with E-state index in [1.807, 2.05) is 24.3 Å². The number of carbonyl (C=O) groups is 1. The average molecular weight is 389 g/mol. The highest BCUT2D eigenvalue weighted by atomic mass is 79.9. The quantitative estimate of drug-likeness (QED) is 0.712. The minimum atomic E-state index is 0.0409. The molecule has 1 amide bonds. The summed E-state index contributed by atoms with van der Waals surface area (Å²) in [5.41, 5.74) is 3.76. The summed E-state index contributed by atoms with van der Waals surface area (Å²) in [6.45, 7) is 5.22. The first-order valence-corrected chi connectivity index (χ1v) is 9.19. The third-order valence-electron chi connectivity index (χ3n) is 4.17. The van der Waals surface area contributed by atoms with Crippen molar-refractivity contribution in [1.29, 1.82) is 0 Å². The molecule has 0 aliphatic rings. The van der Waals surface area contributed by atoms with E-state index < -0.39 is 0 Å². The third-order valence-corrected chi connectivity index (χ3v) is 4.70. The van der Waals surface area contributed by atoms with Gasteiger partial charge in [-0.15, -0.1) is 0 Å². The number of rotatable bonds is 8. The molecule has 0 saturated heterocycles. The fourth-order valence-corrected chi connectivity index (χ4v) is 2.96. The number of hydrogen-bond donors (Lipinski definition) is 2. The van der Waals surface area contributed by atoms with Crippen LogP contribution in [0.5, 0.6) is 0 Å². The Kier molecular flexibility index (Phi) is 7.47. The fraction of sp³-hybridized carbons (Fsp3) is 0.350. The van der Waals surface area contributed by atoms with Gasteiger partial charge in [0.15, 0.2) is 0 Å². The minimum absolute atomic E-state index is 0.0409. The predicted molar refractivity (Wildman–Crippen MR) is 103 cm³/mol. The monoisotopic (exact) mass is 388 g/mol. The molecule has 4 heteroatoms. The molecular weight excluding hydrogens is 364 g/mol. The molecule has 2 aromatic carbocycles. The summed E-state index contributed by atoms with van der Waals surface area (Å²) in [4.78, 5) is 12.0. The lowest BCUT2D eigenvalue weighted by Gasteiger charge is -2.17. The second-order valence-electron chi connectivity index (χ2n) is 5.92. The molecule has 0 aliphatic carbocycles. The topological polar surface area (TPSA) is 41.1 Å². The second kappa shape index (κ2) is 9.60. The molecule has 1 atom stereocenters. The van der Waals surface area contributed by atoms with E-state index in [-0.39, 0.29) is 11.9 Å². The van der Waals surface area contributed by atoms with Gasteiger partial charge < -0.3 is 10.6 Å². The average Bonchev–Trinajstić information content (AvgIpc) is 2.58. The first-order chi connectivity index (χ1) is 11.6. The Balaban J connectivity index is 1.75. The van der Waals surface area contributed by atoms with Crippen molar-refractivity contribution in [3.8, 4) is 0 Å². The molecule has 0 aromatic heterocycles. The molecule has 3 nitrogen and oxygen atoms in total. The molecule has 2 rings (SSSR count). The van der Waals surface area contributed by atoms with E-state index in [4.69, 9.17) is 0 Å². The fourth-order valence-electron chi connectivity index (χ4n) is 2.70. The van der Waals surface area contributed by atoms with Crippen LogP contribution >= 0.6 is 15.9 Å². The minimum Gasteiger partial charge on any atom is -0.355 e. The summed E-state index contributed by atoms with van der Waals surface area (Å²) in [6, 6.07) is 16.7. The van der Waals surface area contributed by atoms with Crippen molar-refractivity contribution in [2.24, 2.45) is 0 Å². The lowest BCUT2D eigenvalue weighted by molar-refractivity contribution is -0.120. The van der Waals surface area contributed by atoms with Crippen LogP contribution in [0.2, 0.25) is 0 Å². The molecule has 24 heavy (non-hydrogen) atoms. The van der Waals surface area contributed by atoms with Gasteiger partial charge in [-0.25, -0.2) is 0 Å². The zero-order chi connectivity index (χ0) is 17.4. The molecule has 0 fully saturated rings. The van der Waals surface area contributed by atoms with Crippen LogP contribution < -0.4 is 10.6 Å². The van der Waals surface area contributed by atoms with Crippen molar-refractivity contribution >= 4 is 21.8 Å². The van der Waals surface area contributed by atoms with E-state index >= 15 is 0 Å². The summed E-state index contributed by atoms with van der Waals surface area (Å²) in [5, 5.41) is 6.33.